The largest absolute Gasteiger partial charge is 0.352 e. The van der Waals surface area contributed by atoms with Crippen molar-refractivity contribution in [2.24, 2.45) is 17.8 Å². The number of carbonyl (C=O) groups excluding carboxylic acids is 1. The third-order valence-corrected chi connectivity index (χ3v) is 5.03. The molecule has 2 aliphatic rings. The van der Waals surface area contributed by atoms with Crippen molar-refractivity contribution in [2.45, 2.75) is 32.1 Å². The normalized spacial score (nSPS) is 26.8. The zero-order valence-corrected chi connectivity index (χ0v) is 12.0. The van der Waals surface area contributed by atoms with Crippen LogP contribution in [0.5, 0.6) is 0 Å². The highest BCUT2D eigenvalue weighted by Crippen LogP contribution is 2.49. The Hall–Kier alpha value is -1.91. The van der Waals surface area contributed by atoms with Gasteiger partial charge in [0.2, 0.25) is 0 Å². The van der Waals surface area contributed by atoms with Crippen LogP contribution in [0.2, 0.25) is 0 Å². The topological polar surface area (TPSA) is 72.2 Å². The Bertz CT molecular complexity index is 558. The van der Waals surface area contributed by atoms with Gasteiger partial charge in [-0.05, 0) is 49.5 Å². The summed E-state index contributed by atoms with van der Waals surface area (Å²) in [6.45, 7) is 0.610. The minimum absolute atomic E-state index is 0.130. The van der Waals surface area contributed by atoms with Gasteiger partial charge >= 0.3 is 0 Å². The molecule has 21 heavy (non-hydrogen) atoms. The van der Waals surface area contributed by atoms with E-state index in [9.17, 15) is 14.9 Å². The molecule has 0 radical (unpaired) electrons. The summed E-state index contributed by atoms with van der Waals surface area (Å²) >= 11 is 0. The van der Waals surface area contributed by atoms with E-state index in [1.165, 1.54) is 37.8 Å². The zero-order valence-electron chi connectivity index (χ0n) is 12.0. The van der Waals surface area contributed by atoms with Gasteiger partial charge in [-0.25, -0.2) is 0 Å². The van der Waals surface area contributed by atoms with E-state index in [0.29, 0.717) is 6.54 Å². The number of rotatable bonds is 5. The second-order valence-corrected chi connectivity index (χ2v) is 6.25. The summed E-state index contributed by atoms with van der Waals surface area (Å²) < 4.78 is 0. The first-order valence-corrected chi connectivity index (χ1v) is 7.66. The molecule has 2 saturated carbocycles. The standard InChI is InChI=1S/C16H20N2O3/c19-16(14-3-1-2-4-15(14)18(20)21)17-8-7-13-10-11-5-6-12(13)9-11/h1-4,11-13H,5-10H2,(H,17,19). The molecule has 112 valence electrons. The Kier molecular flexibility index (Phi) is 3.90. The molecule has 5 heteroatoms. The fourth-order valence-electron chi connectivity index (χ4n) is 4.02. The van der Waals surface area contributed by atoms with E-state index < -0.39 is 4.92 Å². The van der Waals surface area contributed by atoms with Gasteiger partial charge in [0.25, 0.3) is 11.6 Å². The zero-order chi connectivity index (χ0) is 14.8. The van der Waals surface area contributed by atoms with E-state index in [2.05, 4.69) is 5.32 Å². The van der Waals surface area contributed by atoms with Crippen molar-refractivity contribution in [1.82, 2.24) is 5.32 Å². The van der Waals surface area contributed by atoms with Crippen LogP contribution >= 0.6 is 0 Å². The van der Waals surface area contributed by atoms with Crippen molar-refractivity contribution in [1.29, 1.82) is 0 Å². The third-order valence-electron chi connectivity index (χ3n) is 5.03. The van der Waals surface area contributed by atoms with E-state index in [1.807, 2.05) is 0 Å². The molecule has 3 atom stereocenters. The quantitative estimate of drug-likeness (QED) is 0.668. The summed E-state index contributed by atoms with van der Waals surface area (Å²) in [6, 6.07) is 6.10. The van der Waals surface area contributed by atoms with E-state index in [1.54, 1.807) is 12.1 Å². The van der Waals surface area contributed by atoms with E-state index in [-0.39, 0.29) is 17.2 Å². The van der Waals surface area contributed by atoms with Crippen LogP contribution in [0.4, 0.5) is 5.69 Å². The molecule has 2 fully saturated rings. The highest BCUT2D eigenvalue weighted by Gasteiger charge is 2.38. The maximum atomic E-state index is 12.1. The number of para-hydroxylation sites is 1. The molecule has 1 aromatic carbocycles. The smallest absolute Gasteiger partial charge is 0.282 e. The Morgan fingerprint density at radius 3 is 2.76 bits per heavy atom. The van der Waals surface area contributed by atoms with Crippen LogP contribution in [0.15, 0.2) is 24.3 Å². The molecule has 5 nitrogen and oxygen atoms in total. The Morgan fingerprint density at radius 2 is 2.10 bits per heavy atom. The molecule has 1 N–H and O–H groups in total. The monoisotopic (exact) mass is 288 g/mol. The Morgan fingerprint density at radius 1 is 1.29 bits per heavy atom. The lowest BCUT2D eigenvalue weighted by Crippen LogP contribution is -2.27. The molecule has 3 unspecified atom stereocenters. The average Bonchev–Trinajstić information content (AvgIpc) is 3.09. The summed E-state index contributed by atoms with van der Waals surface area (Å²) in [5.74, 6) is 2.14. The minimum atomic E-state index is -0.509. The summed E-state index contributed by atoms with van der Waals surface area (Å²) in [5.41, 5.74) is 0.0189. The fourth-order valence-corrected chi connectivity index (χ4v) is 4.02. The second kappa shape index (κ2) is 5.84. The van der Waals surface area contributed by atoms with Gasteiger partial charge in [-0.15, -0.1) is 0 Å². The Labute approximate surface area is 123 Å². The molecule has 2 bridgehead atoms. The lowest BCUT2D eigenvalue weighted by Gasteiger charge is -2.21. The Balaban J connectivity index is 1.54. The summed E-state index contributed by atoms with van der Waals surface area (Å²) in [4.78, 5) is 22.5. The molecule has 0 aromatic heterocycles. The van der Waals surface area contributed by atoms with Crippen LogP contribution in [0.3, 0.4) is 0 Å². The maximum Gasteiger partial charge on any atom is 0.282 e. The van der Waals surface area contributed by atoms with Gasteiger partial charge in [0.15, 0.2) is 0 Å². The molecule has 1 aromatic rings. The molecule has 1 amide bonds. The van der Waals surface area contributed by atoms with Gasteiger partial charge < -0.3 is 5.32 Å². The SMILES string of the molecule is O=C(NCCC1CC2CCC1C2)c1ccccc1[N+](=O)[O-]. The first-order valence-electron chi connectivity index (χ1n) is 7.66. The van der Waals surface area contributed by atoms with Gasteiger partial charge in [0.05, 0.1) is 4.92 Å². The summed E-state index contributed by atoms with van der Waals surface area (Å²) in [7, 11) is 0. The fraction of sp³-hybridized carbons (Fsp3) is 0.562. The number of nitrogens with one attached hydrogen (secondary N) is 1. The van der Waals surface area contributed by atoms with Crippen molar-refractivity contribution in [3.63, 3.8) is 0 Å². The molecular weight excluding hydrogens is 268 g/mol. The van der Waals surface area contributed by atoms with E-state index in [0.717, 1.165) is 24.2 Å². The first-order chi connectivity index (χ1) is 10.1. The molecule has 3 rings (SSSR count). The number of hydrogen-bond donors (Lipinski definition) is 1. The summed E-state index contributed by atoms with van der Waals surface area (Å²) in [5, 5.41) is 13.8. The molecule has 0 heterocycles. The van der Waals surface area contributed by atoms with Gasteiger partial charge in [0, 0.05) is 12.6 Å². The number of hydrogen-bond acceptors (Lipinski definition) is 3. The van der Waals surface area contributed by atoms with Gasteiger partial charge in [0.1, 0.15) is 5.56 Å². The number of nitrogens with zero attached hydrogens (tertiary/aromatic N) is 1. The maximum absolute atomic E-state index is 12.1. The predicted octanol–water partition coefficient (Wildman–Crippen LogP) is 3.15. The van der Waals surface area contributed by atoms with Gasteiger partial charge in [-0.2, -0.15) is 0 Å². The number of amides is 1. The van der Waals surface area contributed by atoms with Crippen molar-refractivity contribution in [2.75, 3.05) is 6.54 Å². The highest BCUT2D eigenvalue weighted by molar-refractivity contribution is 5.98. The van der Waals surface area contributed by atoms with Crippen LogP contribution in [-0.2, 0) is 0 Å². The van der Waals surface area contributed by atoms with Crippen LogP contribution in [0, 0.1) is 27.9 Å². The summed E-state index contributed by atoms with van der Waals surface area (Å²) in [6.07, 6.45) is 6.37. The van der Waals surface area contributed by atoms with E-state index in [4.69, 9.17) is 0 Å². The molecular formula is C16H20N2O3. The lowest BCUT2D eigenvalue weighted by atomic mass is 9.86. The van der Waals surface area contributed by atoms with Crippen LogP contribution in [0.25, 0.3) is 0 Å². The van der Waals surface area contributed by atoms with Crippen molar-refractivity contribution >= 4 is 11.6 Å². The molecule has 0 saturated heterocycles. The number of nitro groups is 1. The van der Waals surface area contributed by atoms with Crippen LogP contribution < -0.4 is 5.32 Å². The number of carbonyl (C=O) groups is 1. The van der Waals surface area contributed by atoms with Gasteiger partial charge in [-0.3, -0.25) is 14.9 Å². The van der Waals surface area contributed by atoms with Crippen molar-refractivity contribution < 1.29 is 9.72 Å². The van der Waals surface area contributed by atoms with Crippen LogP contribution in [-0.4, -0.2) is 17.4 Å². The van der Waals surface area contributed by atoms with Crippen LogP contribution in [0.1, 0.15) is 42.5 Å². The van der Waals surface area contributed by atoms with Crippen molar-refractivity contribution in [3.05, 3.63) is 39.9 Å². The molecule has 0 aliphatic heterocycles. The van der Waals surface area contributed by atoms with Gasteiger partial charge in [-0.1, -0.05) is 18.6 Å². The van der Waals surface area contributed by atoms with Crippen molar-refractivity contribution in [3.8, 4) is 0 Å². The minimum Gasteiger partial charge on any atom is -0.352 e. The molecule has 0 spiro atoms. The average molecular weight is 288 g/mol. The number of nitro benzene ring substituents is 1. The first kappa shape index (κ1) is 14.0. The molecule has 2 aliphatic carbocycles. The predicted molar refractivity (Wildman–Crippen MR) is 79.0 cm³/mol. The highest BCUT2D eigenvalue weighted by atomic mass is 16.6. The number of fused-ring (bicyclic) bond motifs is 2. The lowest BCUT2D eigenvalue weighted by molar-refractivity contribution is -0.385. The second-order valence-electron chi connectivity index (χ2n) is 6.25. The number of benzene rings is 1. The van der Waals surface area contributed by atoms with E-state index >= 15 is 0 Å². The third kappa shape index (κ3) is 2.91.